The fraction of sp³-hybridized carbons (Fsp3) is 0.371. The van der Waals surface area contributed by atoms with E-state index in [9.17, 15) is 27.2 Å². The Morgan fingerprint density at radius 3 is 1.48 bits per heavy atom. The first-order valence-electron chi connectivity index (χ1n) is 15.7. The van der Waals surface area contributed by atoms with E-state index in [-0.39, 0.29) is 41.0 Å². The second kappa shape index (κ2) is 18.2. The highest BCUT2D eigenvalue weighted by Gasteiger charge is 2.43. The molecule has 0 spiro atoms. The highest BCUT2D eigenvalue weighted by molar-refractivity contribution is 6.28. The summed E-state index contributed by atoms with van der Waals surface area (Å²) >= 11 is 5.42. The lowest BCUT2D eigenvalue weighted by Gasteiger charge is -2.42. The first kappa shape index (κ1) is 40.2. The third-order valence-corrected chi connectivity index (χ3v) is 8.55. The first-order valence-corrected chi connectivity index (χ1v) is 16.1. The van der Waals surface area contributed by atoms with Gasteiger partial charge in [0.05, 0.1) is 24.3 Å². The summed E-state index contributed by atoms with van der Waals surface area (Å²) < 4.78 is 64.4. The van der Waals surface area contributed by atoms with Crippen LogP contribution in [-0.4, -0.2) is 45.1 Å². The van der Waals surface area contributed by atoms with Crippen LogP contribution in [0.5, 0.6) is 0 Å². The first-order chi connectivity index (χ1) is 23.4. The number of nitrogens with zero attached hydrogens (tertiary/aromatic N) is 4. The summed E-state index contributed by atoms with van der Waals surface area (Å²) in [5, 5.41) is 0.114. The predicted molar refractivity (Wildman–Crippen MR) is 180 cm³/mol. The number of halogens is 6. The molecule has 0 unspecified atom stereocenters. The van der Waals surface area contributed by atoms with E-state index in [0.717, 1.165) is 12.8 Å². The normalized spacial score (nSPS) is 14.9. The molecule has 2 aliphatic rings. The van der Waals surface area contributed by atoms with E-state index in [1.54, 1.807) is 13.8 Å². The monoisotopic (exact) mass is 737 g/mol. The highest BCUT2D eigenvalue weighted by Crippen LogP contribution is 2.47. The fourth-order valence-electron chi connectivity index (χ4n) is 5.60. The van der Waals surface area contributed by atoms with Gasteiger partial charge in [-0.1, -0.05) is 18.6 Å². The molecule has 2 aliphatic carbocycles. The molecule has 2 aromatic carbocycles. The van der Waals surface area contributed by atoms with Crippen LogP contribution >= 0.6 is 24.0 Å². The summed E-state index contributed by atoms with van der Waals surface area (Å²) in [4.78, 5) is 38.3. The van der Waals surface area contributed by atoms with Gasteiger partial charge in [0.2, 0.25) is 5.28 Å². The van der Waals surface area contributed by atoms with Crippen molar-refractivity contribution in [3.63, 3.8) is 0 Å². The van der Waals surface area contributed by atoms with Gasteiger partial charge in [-0.3, -0.25) is 0 Å². The number of carbonyl (C=O) groups excluding carboxylic acids is 2. The molecule has 4 aromatic rings. The number of rotatable bonds is 8. The van der Waals surface area contributed by atoms with Crippen molar-refractivity contribution < 1.29 is 36.6 Å². The van der Waals surface area contributed by atoms with Gasteiger partial charge in [-0.2, -0.15) is 0 Å². The lowest BCUT2D eigenvalue weighted by atomic mass is 9.62. The number of nitrogens with two attached hydrogens (primary N) is 1. The molecule has 2 heterocycles. The summed E-state index contributed by atoms with van der Waals surface area (Å²) in [7, 11) is 0. The van der Waals surface area contributed by atoms with Gasteiger partial charge < -0.3 is 15.2 Å². The Kier molecular flexibility index (Phi) is 14.6. The summed E-state index contributed by atoms with van der Waals surface area (Å²) in [6, 6.07) is 7.80. The van der Waals surface area contributed by atoms with E-state index in [2.05, 4.69) is 19.9 Å². The molecule has 50 heavy (non-hydrogen) atoms. The third-order valence-electron chi connectivity index (χ3n) is 8.35. The zero-order valence-corrected chi connectivity index (χ0v) is 29.0. The summed E-state index contributed by atoms with van der Waals surface area (Å²) in [5.41, 5.74) is 5.23. The SMILES string of the molecule is CCOC(=O)c1cnc(CC2(c3c(F)cccc3F)CCC2)nc1.CCOC(=O)c1cnc(Cl)nc1.Cl.NC1(c2c(F)cccc2F)CCC1. The van der Waals surface area contributed by atoms with Crippen molar-refractivity contribution in [2.24, 2.45) is 5.73 Å². The molecule has 15 heteroatoms. The van der Waals surface area contributed by atoms with Gasteiger partial charge in [-0.25, -0.2) is 47.1 Å². The van der Waals surface area contributed by atoms with Crippen LogP contribution in [0.1, 0.15) is 90.0 Å². The second-order valence-electron chi connectivity index (χ2n) is 11.6. The molecular formula is C35H37Cl2F4N5O4. The van der Waals surface area contributed by atoms with Crippen molar-refractivity contribution in [1.82, 2.24) is 19.9 Å². The number of hydrogen-bond donors (Lipinski definition) is 1. The fourth-order valence-corrected chi connectivity index (χ4v) is 5.70. The molecule has 2 fully saturated rings. The van der Waals surface area contributed by atoms with E-state index in [1.165, 1.54) is 61.2 Å². The van der Waals surface area contributed by atoms with Crippen LogP contribution in [-0.2, 0) is 26.8 Å². The maximum atomic E-state index is 14.2. The predicted octanol–water partition coefficient (Wildman–Crippen LogP) is 7.63. The minimum Gasteiger partial charge on any atom is -0.462 e. The molecule has 0 saturated heterocycles. The third kappa shape index (κ3) is 9.73. The van der Waals surface area contributed by atoms with Gasteiger partial charge >= 0.3 is 11.9 Å². The van der Waals surface area contributed by atoms with Crippen molar-refractivity contribution >= 4 is 35.9 Å². The van der Waals surface area contributed by atoms with Gasteiger partial charge in [0, 0.05) is 53.3 Å². The average molecular weight is 739 g/mol. The van der Waals surface area contributed by atoms with E-state index in [0.29, 0.717) is 50.1 Å². The molecule has 2 saturated carbocycles. The number of ether oxygens (including phenoxy) is 2. The molecule has 0 atom stereocenters. The largest absolute Gasteiger partial charge is 0.462 e. The molecule has 268 valence electrons. The quantitative estimate of drug-likeness (QED) is 0.110. The van der Waals surface area contributed by atoms with Crippen LogP contribution < -0.4 is 5.73 Å². The zero-order chi connectivity index (χ0) is 35.6. The maximum absolute atomic E-state index is 14.2. The Hall–Kier alpha value is -4.20. The molecular weight excluding hydrogens is 701 g/mol. The van der Waals surface area contributed by atoms with Gasteiger partial charge in [0.25, 0.3) is 0 Å². The van der Waals surface area contributed by atoms with Crippen molar-refractivity contribution in [2.45, 2.75) is 69.7 Å². The van der Waals surface area contributed by atoms with Gasteiger partial charge in [-0.15, -0.1) is 12.4 Å². The number of aromatic nitrogens is 4. The van der Waals surface area contributed by atoms with Crippen LogP contribution in [0.25, 0.3) is 0 Å². The van der Waals surface area contributed by atoms with Crippen LogP contribution in [0, 0.1) is 23.3 Å². The lowest BCUT2D eigenvalue weighted by molar-refractivity contribution is 0.0515. The second-order valence-corrected chi connectivity index (χ2v) is 11.9. The van der Waals surface area contributed by atoms with E-state index in [4.69, 9.17) is 26.8 Å². The molecule has 0 bridgehead atoms. The Balaban J connectivity index is 0.000000220. The molecule has 9 nitrogen and oxygen atoms in total. The van der Waals surface area contributed by atoms with Crippen LogP contribution in [0.2, 0.25) is 5.28 Å². The average Bonchev–Trinajstić information content (AvgIpc) is 3.04. The van der Waals surface area contributed by atoms with Gasteiger partial charge in [0.1, 0.15) is 29.1 Å². The Morgan fingerprint density at radius 2 is 1.12 bits per heavy atom. The highest BCUT2D eigenvalue weighted by atomic mass is 35.5. The lowest BCUT2D eigenvalue weighted by Crippen LogP contribution is -2.44. The van der Waals surface area contributed by atoms with Crippen molar-refractivity contribution in [3.8, 4) is 0 Å². The summed E-state index contributed by atoms with van der Waals surface area (Å²) in [6.07, 6.45) is 10.4. The number of benzene rings is 2. The Morgan fingerprint density at radius 1 is 0.720 bits per heavy atom. The standard InChI is InChI=1S/C18H18F2N2O2.C10H11F2N.C7H7ClN2O2.ClH/c1-2-24-17(23)12-10-21-15(22-11-12)9-18(7-4-8-18)16-13(19)5-3-6-14(16)20;11-7-3-1-4-8(12)9(7)10(13)5-2-6-10;1-2-12-6(11)5-3-9-7(8)10-4-5;/h3,5-6,10-11H,2,4,7-9H2,1H3;1,3-4H,2,5-6,13H2;3-4H,2H2,1H3;1H. The minimum atomic E-state index is -0.755. The Bertz CT molecular complexity index is 1700. The molecule has 2 N–H and O–H groups in total. The smallest absolute Gasteiger partial charge is 0.341 e. The van der Waals surface area contributed by atoms with Crippen LogP contribution in [0.3, 0.4) is 0 Å². The Labute approximate surface area is 298 Å². The molecule has 0 amide bonds. The number of carbonyl (C=O) groups is 2. The van der Waals surface area contributed by atoms with Gasteiger partial charge in [0.15, 0.2) is 0 Å². The minimum absolute atomic E-state index is 0. The topological polar surface area (TPSA) is 130 Å². The van der Waals surface area contributed by atoms with Gasteiger partial charge in [-0.05, 0) is 81.8 Å². The maximum Gasteiger partial charge on any atom is 0.341 e. The number of esters is 2. The van der Waals surface area contributed by atoms with Crippen LogP contribution in [0.15, 0.2) is 61.2 Å². The van der Waals surface area contributed by atoms with E-state index < -0.39 is 46.2 Å². The van der Waals surface area contributed by atoms with Crippen molar-refractivity contribution in [3.05, 3.63) is 118 Å². The van der Waals surface area contributed by atoms with Crippen molar-refractivity contribution in [1.29, 1.82) is 0 Å². The number of hydrogen-bond acceptors (Lipinski definition) is 9. The molecule has 0 aliphatic heterocycles. The van der Waals surface area contributed by atoms with Crippen molar-refractivity contribution in [2.75, 3.05) is 13.2 Å². The molecule has 0 radical (unpaired) electrons. The molecule has 2 aromatic heterocycles. The van der Waals surface area contributed by atoms with E-state index in [1.807, 2.05) is 0 Å². The summed E-state index contributed by atoms with van der Waals surface area (Å²) in [5.74, 6) is -2.57. The van der Waals surface area contributed by atoms with Crippen LogP contribution in [0.4, 0.5) is 17.6 Å². The zero-order valence-electron chi connectivity index (χ0n) is 27.4. The summed E-state index contributed by atoms with van der Waals surface area (Å²) in [6.45, 7) is 4.06. The molecule has 6 rings (SSSR count). The van der Waals surface area contributed by atoms with E-state index >= 15 is 0 Å².